The number of anilines is 1. The number of piperazine rings is 1. The maximum atomic E-state index is 11.1. The molecular weight excluding hydrogens is 322 g/mol. The first-order chi connectivity index (χ1) is 12.1. The predicted octanol–water partition coefficient (Wildman–Crippen LogP) is 1.73. The molecule has 130 valence electrons. The Balaban J connectivity index is 1.50. The van der Waals surface area contributed by atoms with Gasteiger partial charge < -0.3 is 19.9 Å². The number of rotatable bonds is 3. The van der Waals surface area contributed by atoms with Crippen molar-refractivity contribution in [3.63, 3.8) is 0 Å². The van der Waals surface area contributed by atoms with Gasteiger partial charge in [-0.05, 0) is 40.7 Å². The maximum absolute atomic E-state index is 11.1. The van der Waals surface area contributed by atoms with Gasteiger partial charge in [-0.15, -0.1) is 0 Å². The number of fused-ring (bicyclic) bond motifs is 1. The molecule has 0 radical (unpaired) electrons. The van der Waals surface area contributed by atoms with Crippen LogP contribution in [0.2, 0.25) is 0 Å². The Bertz CT molecular complexity index is 793. The van der Waals surface area contributed by atoms with Crippen LogP contribution in [0.25, 0.3) is 0 Å². The fraction of sp³-hybridized carbons (Fsp3) is 0.294. The molecule has 3 aliphatic heterocycles. The Labute approximate surface area is 145 Å². The largest absolute Gasteiger partial charge is 0.368 e. The minimum Gasteiger partial charge on any atom is -0.368 e. The molecule has 0 atom stereocenters. The van der Waals surface area contributed by atoms with Gasteiger partial charge in [-0.3, -0.25) is 0 Å². The van der Waals surface area contributed by atoms with Crippen LogP contribution >= 0.6 is 0 Å². The summed E-state index contributed by atoms with van der Waals surface area (Å²) in [5.41, 5.74) is 6.68. The molecule has 0 aliphatic carbocycles. The highest BCUT2D eigenvalue weighted by Gasteiger charge is 2.39. The molecule has 1 aromatic carbocycles. The molecule has 1 aromatic rings. The summed E-state index contributed by atoms with van der Waals surface area (Å²) in [6.07, 6.45) is 4.92. The third-order valence-corrected chi connectivity index (χ3v) is 4.59. The highest BCUT2D eigenvalue weighted by Crippen LogP contribution is 2.31. The number of nitrogens with zero attached hydrogens (tertiary/aromatic N) is 4. The quantitative estimate of drug-likeness (QED) is 0.663. The standard InChI is InChI=1S/C17H19N5O3/c1-13-3-2-4-14(11-13)19-7-9-20(10-8-19)15-5-6-17(22(23)24)21-16(15)12-18-25-21/h2-6,11-12,18H,7-10H2,1H3. The molecule has 25 heavy (non-hydrogen) atoms. The van der Waals surface area contributed by atoms with Gasteiger partial charge in [0, 0.05) is 37.9 Å². The van der Waals surface area contributed by atoms with Gasteiger partial charge in [0.15, 0.2) is 0 Å². The van der Waals surface area contributed by atoms with Gasteiger partial charge in [0.2, 0.25) is 5.70 Å². The summed E-state index contributed by atoms with van der Waals surface area (Å²) in [7, 11) is 0. The molecule has 0 aromatic heterocycles. The zero-order chi connectivity index (χ0) is 17.4. The molecule has 0 spiro atoms. The van der Waals surface area contributed by atoms with Crippen LogP contribution in [0.15, 0.2) is 59.8 Å². The van der Waals surface area contributed by atoms with E-state index in [0.29, 0.717) is 5.70 Å². The Morgan fingerprint density at radius 3 is 2.60 bits per heavy atom. The topological polar surface area (TPSA) is 74.1 Å². The lowest BCUT2D eigenvalue weighted by molar-refractivity contribution is -0.465. The summed E-state index contributed by atoms with van der Waals surface area (Å²) in [6.45, 7) is 5.57. The van der Waals surface area contributed by atoms with Gasteiger partial charge in [0.1, 0.15) is 0 Å². The third kappa shape index (κ3) is 2.80. The number of nitro groups is 1. The molecule has 8 nitrogen and oxygen atoms in total. The summed E-state index contributed by atoms with van der Waals surface area (Å²) in [5.74, 6) is -0.0987. The van der Waals surface area contributed by atoms with E-state index in [1.165, 1.54) is 22.4 Å². The van der Waals surface area contributed by atoms with Crippen molar-refractivity contribution in [2.45, 2.75) is 6.92 Å². The Morgan fingerprint density at radius 1 is 1.12 bits per heavy atom. The average Bonchev–Trinajstić information content (AvgIpc) is 3.10. The number of hydroxylamine groups is 3. The van der Waals surface area contributed by atoms with Crippen molar-refractivity contribution in [2.75, 3.05) is 31.1 Å². The predicted molar refractivity (Wildman–Crippen MR) is 92.3 cm³/mol. The number of nitrogens with one attached hydrogen (secondary N) is 1. The summed E-state index contributed by atoms with van der Waals surface area (Å²) in [4.78, 5) is 20.4. The minimum atomic E-state index is -0.455. The maximum Gasteiger partial charge on any atom is 0.355 e. The second-order valence-electron chi connectivity index (χ2n) is 6.18. The summed E-state index contributed by atoms with van der Waals surface area (Å²) in [5, 5.41) is 12.3. The normalized spacial score (nSPS) is 19.7. The van der Waals surface area contributed by atoms with Crippen molar-refractivity contribution in [2.24, 2.45) is 0 Å². The van der Waals surface area contributed by atoms with Gasteiger partial charge in [0.05, 0.1) is 11.9 Å². The van der Waals surface area contributed by atoms with E-state index < -0.39 is 4.92 Å². The van der Waals surface area contributed by atoms with Gasteiger partial charge >= 0.3 is 5.82 Å². The highest BCUT2D eigenvalue weighted by atomic mass is 16.8. The number of aryl methyl sites for hydroxylation is 1. The van der Waals surface area contributed by atoms with Crippen LogP contribution in [0, 0.1) is 17.0 Å². The van der Waals surface area contributed by atoms with Crippen molar-refractivity contribution < 1.29 is 9.86 Å². The number of benzene rings is 1. The van der Waals surface area contributed by atoms with E-state index >= 15 is 0 Å². The third-order valence-electron chi connectivity index (χ3n) is 4.59. The summed E-state index contributed by atoms with van der Waals surface area (Å²) in [6, 6.07) is 8.50. The smallest absolute Gasteiger partial charge is 0.355 e. The average molecular weight is 341 g/mol. The molecule has 0 saturated carbocycles. The SMILES string of the molecule is Cc1cccc(N2CCN(C3=CC=C([N+](=O)[O-])N4ONC=C34)CC2)c1. The fourth-order valence-electron chi connectivity index (χ4n) is 3.33. The molecule has 1 N–H and O–H groups in total. The lowest BCUT2D eigenvalue weighted by atomic mass is 10.1. The van der Waals surface area contributed by atoms with Crippen molar-refractivity contribution >= 4 is 5.69 Å². The van der Waals surface area contributed by atoms with Gasteiger partial charge in [0.25, 0.3) is 0 Å². The first kappa shape index (κ1) is 15.5. The first-order valence-corrected chi connectivity index (χ1v) is 8.19. The molecule has 8 heteroatoms. The van der Waals surface area contributed by atoms with E-state index in [9.17, 15) is 10.1 Å². The van der Waals surface area contributed by atoms with E-state index in [0.717, 1.165) is 31.9 Å². The van der Waals surface area contributed by atoms with Crippen molar-refractivity contribution in [1.82, 2.24) is 15.4 Å². The van der Waals surface area contributed by atoms with Crippen LogP contribution in [-0.2, 0) is 4.94 Å². The Hall–Kier alpha value is -3.00. The lowest BCUT2D eigenvalue weighted by Gasteiger charge is -2.38. The van der Waals surface area contributed by atoms with Crippen LogP contribution in [0.1, 0.15) is 5.56 Å². The van der Waals surface area contributed by atoms with Crippen molar-refractivity contribution in [3.05, 3.63) is 75.5 Å². The molecule has 4 rings (SSSR count). The second-order valence-corrected chi connectivity index (χ2v) is 6.18. The van der Waals surface area contributed by atoms with E-state index in [-0.39, 0.29) is 5.82 Å². The first-order valence-electron chi connectivity index (χ1n) is 8.19. The number of allylic oxidation sites excluding steroid dienone is 2. The molecule has 1 saturated heterocycles. The molecular formula is C17H19N5O3. The zero-order valence-electron chi connectivity index (χ0n) is 13.9. The van der Waals surface area contributed by atoms with Crippen LogP contribution in [0.4, 0.5) is 5.69 Å². The fourth-order valence-corrected chi connectivity index (χ4v) is 3.33. The highest BCUT2D eigenvalue weighted by molar-refractivity contribution is 5.49. The van der Waals surface area contributed by atoms with E-state index in [2.05, 4.69) is 46.5 Å². The molecule has 0 unspecified atom stereocenters. The van der Waals surface area contributed by atoms with Crippen LogP contribution in [0.5, 0.6) is 0 Å². The summed E-state index contributed by atoms with van der Waals surface area (Å²) >= 11 is 0. The van der Waals surface area contributed by atoms with Gasteiger partial charge in [-0.25, -0.2) is 5.48 Å². The van der Waals surface area contributed by atoms with E-state index in [4.69, 9.17) is 4.94 Å². The number of hydrogen-bond acceptors (Lipinski definition) is 7. The van der Waals surface area contributed by atoms with Crippen LogP contribution < -0.4 is 10.4 Å². The van der Waals surface area contributed by atoms with Crippen LogP contribution in [-0.4, -0.2) is 41.1 Å². The lowest BCUT2D eigenvalue weighted by Crippen LogP contribution is -2.47. The molecule has 0 amide bonds. The Kier molecular flexibility index (Phi) is 3.81. The summed E-state index contributed by atoms with van der Waals surface area (Å²) < 4.78 is 0. The minimum absolute atomic E-state index is 0.0987. The van der Waals surface area contributed by atoms with E-state index in [1.54, 1.807) is 12.3 Å². The van der Waals surface area contributed by atoms with E-state index in [1.807, 2.05) is 0 Å². The monoisotopic (exact) mass is 341 g/mol. The van der Waals surface area contributed by atoms with Crippen molar-refractivity contribution in [1.29, 1.82) is 0 Å². The molecule has 3 heterocycles. The molecule has 1 fully saturated rings. The molecule has 0 bridgehead atoms. The second kappa shape index (κ2) is 6.14. The zero-order valence-corrected chi connectivity index (χ0v) is 13.9. The van der Waals surface area contributed by atoms with Gasteiger partial charge in [-0.1, -0.05) is 17.1 Å². The van der Waals surface area contributed by atoms with Gasteiger partial charge in [-0.2, -0.15) is 0 Å². The Morgan fingerprint density at radius 2 is 1.88 bits per heavy atom. The van der Waals surface area contributed by atoms with Crippen LogP contribution in [0.3, 0.4) is 0 Å². The van der Waals surface area contributed by atoms with Crippen molar-refractivity contribution in [3.8, 4) is 0 Å². The number of hydrogen-bond donors (Lipinski definition) is 1. The molecule has 3 aliphatic rings.